The highest BCUT2D eigenvalue weighted by Crippen LogP contribution is 2.35. The molecule has 2 nitrogen and oxygen atoms in total. The molecule has 110 valence electrons. The van der Waals surface area contributed by atoms with Crippen LogP contribution in [-0.4, -0.2) is 13.2 Å². The van der Waals surface area contributed by atoms with Gasteiger partial charge in [-0.3, -0.25) is 0 Å². The molecule has 3 rings (SSSR count). The SMILES string of the molecule is Clc1cc(Cl)c(NCC2CCOc3ccccc32)cc1Cl. The fourth-order valence-corrected chi connectivity index (χ4v) is 3.13. The first-order chi connectivity index (χ1) is 10.1. The van der Waals surface area contributed by atoms with Crippen molar-refractivity contribution in [3.8, 4) is 5.75 Å². The average Bonchev–Trinajstić information content (AvgIpc) is 2.49. The molecule has 2 aromatic carbocycles. The van der Waals surface area contributed by atoms with Gasteiger partial charge in [-0.05, 0) is 30.2 Å². The number of ether oxygens (including phenoxy) is 1. The van der Waals surface area contributed by atoms with E-state index in [9.17, 15) is 0 Å². The lowest BCUT2D eigenvalue weighted by Crippen LogP contribution is -2.20. The summed E-state index contributed by atoms with van der Waals surface area (Å²) in [6, 6.07) is 11.6. The summed E-state index contributed by atoms with van der Waals surface area (Å²) in [6.07, 6.45) is 0.975. The minimum absolute atomic E-state index is 0.389. The van der Waals surface area contributed by atoms with Crippen LogP contribution in [-0.2, 0) is 0 Å². The zero-order valence-corrected chi connectivity index (χ0v) is 13.5. The van der Waals surface area contributed by atoms with Gasteiger partial charge >= 0.3 is 0 Å². The molecule has 0 radical (unpaired) electrons. The van der Waals surface area contributed by atoms with E-state index in [1.807, 2.05) is 18.2 Å². The van der Waals surface area contributed by atoms with Crippen molar-refractivity contribution in [2.24, 2.45) is 0 Å². The molecule has 21 heavy (non-hydrogen) atoms. The largest absolute Gasteiger partial charge is 0.493 e. The summed E-state index contributed by atoms with van der Waals surface area (Å²) >= 11 is 18.2. The molecule has 1 aliphatic heterocycles. The normalized spacial score (nSPS) is 17.0. The quantitative estimate of drug-likeness (QED) is 0.730. The Hall–Kier alpha value is -1.09. The molecule has 1 atom stereocenters. The first-order valence-corrected chi connectivity index (χ1v) is 7.88. The Labute approximate surface area is 139 Å². The van der Waals surface area contributed by atoms with E-state index in [4.69, 9.17) is 39.5 Å². The highest BCUT2D eigenvalue weighted by Gasteiger charge is 2.21. The van der Waals surface area contributed by atoms with Crippen LogP contribution in [0.2, 0.25) is 15.1 Å². The fraction of sp³-hybridized carbons (Fsp3) is 0.250. The lowest BCUT2D eigenvalue weighted by atomic mass is 9.93. The maximum atomic E-state index is 6.19. The molecular formula is C16H14Cl3NO. The highest BCUT2D eigenvalue weighted by molar-refractivity contribution is 6.44. The topological polar surface area (TPSA) is 21.3 Å². The predicted molar refractivity (Wildman–Crippen MR) is 89.3 cm³/mol. The van der Waals surface area contributed by atoms with Crippen molar-refractivity contribution < 1.29 is 4.74 Å². The second-order valence-electron chi connectivity index (χ2n) is 5.00. The molecule has 1 aliphatic rings. The van der Waals surface area contributed by atoms with Gasteiger partial charge in [0.05, 0.1) is 27.4 Å². The zero-order chi connectivity index (χ0) is 14.8. The van der Waals surface area contributed by atoms with E-state index in [0.29, 0.717) is 21.0 Å². The molecule has 5 heteroatoms. The molecule has 0 spiro atoms. The van der Waals surface area contributed by atoms with Crippen molar-refractivity contribution in [2.45, 2.75) is 12.3 Å². The number of hydrogen-bond acceptors (Lipinski definition) is 2. The van der Waals surface area contributed by atoms with Gasteiger partial charge < -0.3 is 10.1 Å². The first-order valence-electron chi connectivity index (χ1n) is 6.75. The third-order valence-electron chi connectivity index (χ3n) is 3.63. The highest BCUT2D eigenvalue weighted by atomic mass is 35.5. The summed E-state index contributed by atoms with van der Waals surface area (Å²) in [4.78, 5) is 0. The second-order valence-corrected chi connectivity index (χ2v) is 6.22. The van der Waals surface area contributed by atoms with Crippen molar-refractivity contribution in [3.63, 3.8) is 0 Å². The summed E-state index contributed by atoms with van der Waals surface area (Å²) in [5, 5.41) is 4.89. The van der Waals surface area contributed by atoms with Crippen LogP contribution in [0, 0.1) is 0 Å². The van der Waals surface area contributed by atoms with Crippen LogP contribution in [0.25, 0.3) is 0 Å². The van der Waals surface area contributed by atoms with Gasteiger partial charge in [0.1, 0.15) is 5.75 Å². The smallest absolute Gasteiger partial charge is 0.122 e. The van der Waals surface area contributed by atoms with E-state index < -0.39 is 0 Å². The Morgan fingerprint density at radius 1 is 1.05 bits per heavy atom. The minimum Gasteiger partial charge on any atom is -0.493 e. The predicted octanol–water partition coefficient (Wildman–Crippen LogP) is 5.63. The first kappa shape index (κ1) is 14.8. The number of hydrogen-bond donors (Lipinski definition) is 1. The van der Waals surface area contributed by atoms with Crippen LogP contribution in [0.1, 0.15) is 17.9 Å². The Morgan fingerprint density at radius 2 is 1.81 bits per heavy atom. The van der Waals surface area contributed by atoms with Gasteiger partial charge in [-0.25, -0.2) is 0 Å². The lowest BCUT2D eigenvalue weighted by molar-refractivity contribution is 0.270. The minimum atomic E-state index is 0.389. The zero-order valence-electron chi connectivity index (χ0n) is 11.2. The third-order valence-corrected chi connectivity index (χ3v) is 4.67. The molecule has 1 unspecified atom stereocenters. The van der Waals surface area contributed by atoms with Gasteiger partial charge in [-0.15, -0.1) is 0 Å². The Kier molecular flexibility index (Phi) is 4.48. The van der Waals surface area contributed by atoms with Gasteiger partial charge in [-0.1, -0.05) is 53.0 Å². The van der Waals surface area contributed by atoms with Gasteiger partial charge in [-0.2, -0.15) is 0 Å². The molecule has 0 saturated heterocycles. The van der Waals surface area contributed by atoms with Crippen LogP contribution in [0.5, 0.6) is 5.75 Å². The maximum Gasteiger partial charge on any atom is 0.122 e. The summed E-state index contributed by atoms with van der Waals surface area (Å²) in [7, 11) is 0. The molecule has 0 fully saturated rings. The summed E-state index contributed by atoms with van der Waals surface area (Å²) < 4.78 is 5.67. The van der Waals surface area contributed by atoms with E-state index >= 15 is 0 Å². The third kappa shape index (κ3) is 3.23. The monoisotopic (exact) mass is 341 g/mol. The number of para-hydroxylation sites is 1. The van der Waals surface area contributed by atoms with Gasteiger partial charge in [0, 0.05) is 12.5 Å². The molecule has 0 saturated carbocycles. The van der Waals surface area contributed by atoms with Crippen LogP contribution in [0.3, 0.4) is 0 Å². The average molecular weight is 343 g/mol. The van der Waals surface area contributed by atoms with E-state index in [0.717, 1.165) is 31.0 Å². The second kappa shape index (κ2) is 6.35. The van der Waals surface area contributed by atoms with Crippen molar-refractivity contribution >= 4 is 40.5 Å². The standard InChI is InChI=1S/C16H14Cl3NO/c17-12-7-14(19)15(8-13(12)18)20-9-10-5-6-21-16-4-2-1-3-11(10)16/h1-4,7-8,10,20H,5-6,9H2. The summed E-state index contributed by atoms with van der Waals surface area (Å²) in [5.74, 6) is 1.36. The van der Waals surface area contributed by atoms with Crippen molar-refractivity contribution in [3.05, 3.63) is 57.0 Å². The van der Waals surface area contributed by atoms with E-state index in [-0.39, 0.29) is 0 Å². The maximum absolute atomic E-state index is 6.19. The molecule has 0 aliphatic carbocycles. The van der Waals surface area contributed by atoms with Gasteiger partial charge in [0.25, 0.3) is 0 Å². The fourth-order valence-electron chi connectivity index (χ4n) is 2.52. The number of benzene rings is 2. The Balaban J connectivity index is 1.76. The van der Waals surface area contributed by atoms with Gasteiger partial charge in [0.2, 0.25) is 0 Å². The number of nitrogens with one attached hydrogen (secondary N) is 1. The van der Waals surface area contributed by atoms with Crippen molar-refractivity contribution in [1.29, 1.82) is 0 Å². The van der Waals surface area contributed by atoms with Crippen molar-refractivity contribution in [1.82, 2.24) is 0 Å². The number of anilines is 1. The number of fused-ring (bicyclic) bond motifs is 1. The molecule has 0 amide bonds. The van der Waals surface area contributed by atoms with E-state index in [1.165, 1.54) is 5.56 Å². The summed E-state index contributed by atoms with van der Waals surface area (Å²) in [5.41, 5.74) is 2.03. The Morgan fingerprint density at radius 3 is 2.67 bits per heavy atom. The van der Waals surface area contributed by atoms with Crippen molar-refractivity contribution in [2.75, 3.05) is 18.5 Å². The molecule has 1 N–H and O–H groups in total. The molecular weight excluding hydrogens is 329 g/mol. The molecule has 1 heterocycles. The van der Waals surface area contributed by atoms with E-state index in [1.54, 1.807) is 12.1 Å². The van der Waals surface area contributed by atoms with Crippen LogP contribution >= 0.6 is 34.8 Å². The Bertz CT molecular complexity index is 660. The lowest BCUT2D eigenvalue weighted by Gasteiger charge is -2.26. The van der Waals surface area contributed by atoms with Crippen LogP contribution < -0.4 is 10.1 Å². The van der Waals surface area contributed by atoms with E-state index in [2.05, 4.69) is 11.4 Å². The number of rotatable bonds is 3. The molecule has 2 aromatic rings. The number of halogens is 3. The molecule has 0 aromatic heterocycles. The van der Waals surface area contributed by atoms with Crippen LogP contribution in [0.4, 0.5) is 5.69 Å². The summed E-state index contributed by atoms with van der Waals surface area (Å²) in [6.45, 7) is 1.51. The van der Waals surface area contributed by atoms with Crippen LogP contribution in [0.15, 0.2) is 36.4 Å². The van der Waals surface area contributed by atoms with Gasteiger partial charge in [0.15, 0.2) is 0 Å². The molecule has 0 bridgehead atoms.